The number of carbonyl (C=O) groups is 2. The molecule has 148 valence electrons. The fourth-order valence-corrected chi connectivity index (χ4v) is 4.85. The molecule has 3 heterocycles. The molecule has 0 unspecified atom stereocenters. The van der Waals surface area contributed by atoms with E-state index in [1.807, 2.05) is 0 Å². The number of unbranched alkanes of at least 4 members (excludes halogenated alkanes) is 1. The van der Waals surface area contributed by atoms with Gasteiger partial charge in [-0.2, -0.15) is 0 Å². The number of rotatable bonds is 5. The Kier molecular flexibility index (Phi) is 7.35. The van der Waals surface area contributed by atoms with Crippen molar-refractivity contribution in [2.75, 3.05) is 39.3 Å². The number of carbonyl (C=O) groups excluding carboxylic acids is 2. The summed E-state index contributed by atoms with van der Waals surface area (Å²) in [5.74, 6) is 1.01. The van der Waals surface area contributed by atoms with Crippen LogP contribution in [0.5, 0.6) is 0 Å². The van der Waals surface area contributed by atoms with Crippen LogP contribution in [0.4, 0.5) is 0 Å². The van der Waals surface area contributed by atoms with Crippen molar-refractivity contribution in [1.82, 2.24) is 14.7 Å². The first-order chi connectivity index (χ1) is 12.7. The van der Waals surface area contributed by atoms with Gasteiger partial charge < -0.3 is 14.7 Å². The quantitative estimate of drug-likeness (QED) is 0.754. The van der Waals surface area contributed by atoms with E-state index in [2.05, 4.69) is 21.6 Å². The van der Waals surface area contributed by atoms with Gasteiger partial charge in [0, 0.05) is 44.6 Å². The van der Waals surface area contributed by atoms with E-state index in [1.165, 1.54) is 19.3 Å². The first-order valence-electron chi connectivity index (χ1n) is 11.0. The number of nitrogens with zero attached hydrogens (tertiary/aromatic N) is 3. The average Bonchev–Trinajstić information content (AvgIpc) is 2.72. The predicted octanol–water partition coefficient (Wildman–Crippen LogP) is 2.89. The topological polar surface area (TPSA) is 43.9 Å². The largest absolute Gasteiger partial charge is 0.343 e. The standard InChI is InChI=1S/C21H37N3O2/c1-2-3-7-20(25)23-16-10-19(11-17-23)22-14-8-18(9-15-22)21(26)24-12-5-4-6-13-24/h18-19H,2-17H2,1H3. The SMILES string of the molecule is CCCCC(=O)N1CCC(N2CCC(C(=O)N3CCCCC3)CC2)CC1. The molecule has 0 atom stereocenters. The van der Waals surface area contributed by atoms with Crippen molar-refractivity contribution in [3.05, 3.63) is 0 Å². The van der Waals surface area contributed by atoms with Gasteiger partial charge >= 0.3 is 0 Å². The molecule has 5 nitrogen and oxygen atoms in total. The Morgan fingerprint density at radius 3 is 2.08 bits per heavy atom. The maximum Gasteiger partial charge on any atom is 0.225 e. The molecule has 0 aromatic heterocycles. The molecule has 5 heteroatoms. The third-order valence-corrected chi connectivity index (χ3v) is 6.62. The molecular weight excluding hydrogens is 326 g/mol. The summed E-state index contributed by atoms with van der Waals surface area (Å²) >= 11 is 0. The molecule has 0 spiro atoms. The van der Waals surface area contributed by atoms with Crippen molar-refractivity contribution < 1.29 is 9.59 Å². The van der Waals surface area contributed by atoms with Gasteiger partial charge in [-0.15, -0.1) is 0 Å². The van der Waals surface area contributed by atoms with E-state index < -0.39 is 0 Å². The van der Waals surface area contributed by atoms with Gasteiger partial charge in [-0.1, -0.05) is 13.3 Å². The summed E-state index contributed by atoms with van der Waals surface area (Å²) in [6, 6.07) is 0.608. The van der Waals surface area contributed by atoms with Gasteiger partial charge in [0.25, 0.3) is 0 Å². The molecule has 0 radical (unpaired) electrons. The summed E-state index contributed by atoms with van der Waals surface area (Å²) in [7, 11) is 0. The smallest absolute Gasteiger partial charge is 0.225 e. The zero-order valence-electron chi connectivity index (χ0n) is 16.6. The number of hydrogen-bond donors (Lipinski definition) is 0. The van der Waals surface area contributed by atoms with Crippen molar-refractivity contribution in [1.29, 1.82) is 0 Å². The third-order valence-electron chi connectivity index (χ3n) is 6.62. The molecule has 0 saturated carbocycles. The van der Waals surface area contributed by atoms with Crippen LogP contribution in [0.2, 0.25) is 0 Å². The lowest BCUT2D eigenvalue weighted by Crippen LogP contribution is -2.50. The summed E-state index contributed by atoms with van der Waals surface area (Å²) < 4.78 is 0. The molecule has 26 heavy (non-hydrogen) atoms. The lowest BCUT2D eigenvalue weighted by Gasteiger charge is -2.42. The van der Waals surface area contributed by atoms with Crippen LogP contribution in [0.3, 0.4) is 0 Å². The Bertz CT molecular complexity index is 460. The summed E-state index contributed by atoms with van der Waals surface area (Å²) in [5, 5.41) is 0. The predicted molar refractivity (Wildman–Crippen MR) is 104 cm³/mol. The van der Waals surface area contributed by atoms with Gasteiger partial charge in [-0.05, 0) is 64.5 Å². The van der Waals surface area contributed by atoms with Crippen LogP contribution in [-0.2, 0) is 9.59 Å². The lowest BCUT2D eigenvalue weighted by atomic mass is 9.91. The lowest BCUT2D eigenvalue weighted by molar-refractivity contribution is -0.139. The minimum atomic E-state index is 0.250. The van der Waals surface area contributed by atoms with Crippen molar-refractivity contribution in [3.8, 4) is 0 Å². The Hall–Kier alpha value is -1.10. The summed E-state index contributed by atoms with van der Waals surface area (Å²) in [6.07, 6.45) is 10.7. The molecule has 0 aromatic carbocycles. The minimum absolute atomic E-state index is 0.250. The maximum absolute atomic E-state index is 12.7. The highest BCUT2D eigenvalue weighted by molar-refractivity contribution is 5.79. The summed E-state index contributed by atoms with van der Waals surface area (Å²) in [4.78, 5) is 31.7. The minimum Gasteiger partial charge on any atom is -0.343 e. The molecule has 3 aliphatic rings. The highest BCUT2D eigenvalue weighted by Crippen LogP contribution is 2.26. The summed E-state index contributed by atoms with van der Waals surface area (Å²) in [5.41, 5.74) is 0. The first kappa shape index (κ1) is 19.7. The second-order valence-electron chi connectivity index (χ2n) is 8.41. The molecule has 0 aliphatic carbocycles. The molecule has 3 rings (SSSR count). The number of hydrogen-bond acceptors (Lipinski definition) is 3. The second kappa shape index (κ2) is 9.72. The van der Waals surface area contributed by atoms with Gasteiger partial charge in [0.05, 0.1) is 0 Å². The van der Waals surface area contributed by atoms with Gasteiger partial charge in [-0.25, -0.2) is 0 Å². The van der Waals surface area contributed by atoms with E-state index in [4.69, 9.17) is 0 Å². The fraction of sp³-hybridized carbons (Fsp3) is 0.905. The zero-order chi connectivity index (χ0) is 18.4. The van der Waals surface area contributed by atoms with Crippen LogP contribution >= 0.6 is 0 Å². The van der Waals surface area contributed by atoms with Crippen LogP contribution < -0.4 is 0 Å². The Balaban J connectivity index is 1.39. The zero-order valence-corrected chi connectivity index (χ0v) is 16.6. The second-order valence-corrected chi connectivity index (χ2v) is 8.41. The molecule has 0 aromatic rings. The Morgan fingerprint density at radius 2 is 1.46 bits per heavy atom. The molecule has 0 bridgehead atoms. The van der Waals surface area contributed by atoms with Crippen LogP contribution in [0.1, 0.15) is 71.1 Å². The van der Waals surface area contributed by atoms with Crippen molar-refractivity contribution in [2.45, 2.75) is 77.2 Å². The molecular formula is C21H37N3O2. The molecule has 3 saturated heterocycles. The number of amides is 2. The van der Waals surface area contributed by atoms with E-state index in [0.29, 0.717) is 24.3 Å². The van der Waals surface area contributed by atoms with Gasteiger partial charge in [0.2, 0.25) is 11.8 Å². The van der Waals surface area contributed by atoms with E-state index in [1.54, 1.807) is 0 Å². The highest BCUT2D eigenvalue weighted by atomic mass is 16.2. The van der Waals surface area contributed by atoms with Crippen molar-refractivity contribution in [2.24, 2.45) is 5.92 Å². The molecule has 3 fully saturated rings. The first-order valence-corrected chi connectivity index (χ1v) is 11.0. The van der Waals surface area contributed by atoms with E-state index >= 15 is 0 Å². The van der Waals surface area contributed by atoms with Crippen LogP contribution in [0.15, 0.2) is 0 Å². The van der Waals surface area contributed by atoms with Crippen molar-refractivity contribution >= 4 is 11.8 Å². The average molecular weight is 364 g/mol. The van der Waals surface area contributed by atoms with Crippen LogP contribution in [0.25, 0.3) is 0 Å². The van der Waals surface area contributed by atoms with Gasteiger partial charge in [0.1, 0.15) is 0 Å². The molecule has 2 amide bonds. The third kappa shape index (κ3) is 4.99. The van der Waals surface area contributed by atoms with Gasteiger partial charge in [0.15, 0.2) is 0 Å². The van der Waals surface area contributed by atoms with E-state index in [0.717, 1.165) is 77.8 Å². The van der Waals surface area contributed by atoms with E-state index in [9.17, 15) is 9.59 Å². The fourth-order valence-electron chi connectivity index (χ4n) is 4.85. The summed E-state index contributed by atoms with van der Waals surface area (Å²) in [6.45, 7) is 8.03. The number of likely N-dealkylation sites (tertiary alicyclic amines) is 3. The Labute approximate surface area is 159 Å². The number of piperidine rings is 3. The highest BCUT2D eigenvalue weighted by Gasteiger charge is 2.33. The molecule has 3 aliphatic heterocycles. The Morgan fingerprint density at radius 1 is 0.808 bits per heavy atom. The van der Waals surface area contributed by atoms with Crippen molar-refractivity contribution in [3.63, 3.8) is 0 Å². The monoisotopic (exact) mass is 363 g/mol. The van der Waals surface area contributed by atoms with E-state index in [-0.39, 0.29) is 5.92 Å². The van der Waals surface area contributed by atoms with Gasteiger partial charge in [-0.3, -0.25) is 9.59 Å². The maximum atomic E-state index is 12.7. The van der Waals surface area contributed by atoms with Crippen LogP contribution in [-0.4, -0.2) is 71.8 Å². The molecule has 0 N–H and O–H groups in total. The van der Waals surface area contributed by atoms with Crippen LogP contribution in [0, 0.1) is 5.92 Å². The normalized spacial score (nSPS) is 24.0.